The van der Waals surface area contributed by atoms with E-state index in [1.807, 2.05) is 32.0 Å². The van der Waals surface area contributed by atoms with Gasteiger partial charge in [0.25, 0.3) is 0 Å². The maximum Gasteiger partial charge on any atom is 0.160 e. The zero-order valence-electron chi connectivity index (χ0n) is 11.9. The highest BCUT2D eigenvalue weighted by atomic mass is 28.2. The van der Waals surface area contributed by atoms with Crippen LogP contribution < -0.4 is 14.7 Å². The summed E-state index contributed by atoms with van der Waals surface area (Å²) in [4.78, 5) is 0. The molecule has 0 unspecified atom stereocenters. The Morgan fingerprint density at radius 2 is 1.75 bits per heavy atom. The summed E-state index contributed by atoms with van der Waals surface area (Å²) in [6.07, 6.45) is 0.865. The van der Waals surface area contributed by atoms with E-state index >= 15 is 0 Å². The highest BCUT2D eigenvalue weighted by molar-refractivity contribution is 6.53. The molecule has 3 nitrogen and oxygen atoms in total. The van der Waals surface area contributed by atoms with Crippen molar-refractivity contribution in [1.82, 2.24) is 0 Å². The molecule has 4 heteroatoms. The van der Waals surface area contributed by atoms with Crippen molar-refractivity contribution in [3.63, 3.8) is 0 Å². The van der Waals surface area contributed by atoms with Crippen molar-refractivity contribution in [3.05, 3.63) is 48.5 Å². The molecule has 20 heavy (non-hydrogen) atoms. The smallest absolute Gasteiger partial charge is 0.160 e. The molecule has 0 aliphatic carbocycles. The van der Waals surface area contributed by atoms with Gasteiger partial charge in [0.2, 0.25) is 0 Å². The second-order valence-electron chi connectivity index (χ2n) is 4.88. The predicted octanol–water partition coefficient (Wildman–Crippen LogP) is 2.01. The molecule has 0 radical (unpaired) electrons. The molecule has 1 N–H and O–H groups in total. The average molecular weight is 288 g/mol. The molecule has 2 aromatic rings. The standard InChI is InChI=1S/C16H20O3Si/c1-12(2)19-13-7-9-14(10-8-13)20-11-18-16-6-4-3-5-15(16)17/h3-10,12,17H,11,20H2,1-2H3. The minimum absolute atomic E-state index is 0.196. The quantitative estimate of drug-likeness (QED) is 0.827. The van der Waals surface area contributed by atoms with Gasteiger partial charge in [-0.3, -0.25) is 0 Å². The number of rotatable bonds is 6. The number of aromatic hydroxyl groups is 1. The Morgan fingerprint density at radius 3 is 2.40 bits per heavy atom. The summed E-state index contributed by atoms with van der Waals surface area (Å²) in [7, 11) is -0.503. The van der Waals surface area contributed by atoms with E-state index in [1.54, 1.807) is 18.2 Å². The topological polar surface area (TPSA) is 38.7 Å². The summed E-state index contributed by atoms with van der Waals surface area (Å²) in [5.41, 5.74) is 0. The number of hydrogen-bond acceptors (Lipinski definition) is 3. The molecule has 106 valence electrons. The van der Waals surface area contributed by atoms with Crippen LogP contribution in [0.25, 0.3) is 0 Å². The average Bonchev–Trinajstić information content (AvgIpc) is 2.42. The van der Waals surface area contributed by atoms with E-state index in [0.29, 0.717) is 12.0 Å². The Balaban J connectivity index is 1.84. The van der Waals surface area contributed by atoms with Crippen LogP contribution in [0.1, 0.15) is 13.8 Å². The molecule has 0 saturated carbocycles. The lowest BCUT2D eigenvalue weighted by atomic mass is 10.3. The number of phenols is 1. The number of benzene rings is 2. The third-order valence-electron chi connectivity index (χ3n) is 2.81. The predicted molar refractivity (Wildman–Crippen MR) is 84.0 cm³/mol. The van der Waals surface area contributed by atoms with Crippen molar-refractivity contribution in [1.29, 1.82) is 0 Å². The van der Waals surface area contributed by atoms with Crippen LogP contribution in [0.4, 0.5) is 0 Å². The van der Waals surface area contributed by atoms with Crippen LogP contribution in [0.15, 0.2) is 48.5 Å². The summed E-state index contributed by atoms with van der Waals surface area (Å²) in [6, 6.07) is 15.3. The molecule has 0 fully saturated rings. The van der Waals surface area contributed by atoms with E-state index in [4.69, 9.17) is 9.47 Å². The van der Waals surface area contributed by atoms with E-state index in [0.717, 1.165) is 5.75 Å². The normalized spacial score (nSPS) is 11.2. The van der Waals surface area contributed by atoms with Crippen molar-refractivity contribution in [2.75, 3.05) is 6.23 Å². The Labute approximate surface area is 122 Å². The summed E-state index contributed by atoms with van der Waals surface area (Å²) >= 11 is 0. The van der Waals surface area contributed by atoms with Crippen LogP contribution in [-0.2, 0) is 0 Å². The van der Waals surface area contributed by atoms with Crippen molar-refractivity contribution in [3.8, 4) is 17.2 Å². The van der Waals surface area contributed by atoms with Gasteiger partial charge in [-0.05, 0) is 38.1 Å². The lowest BCUT2D eigenvalue weighted by molar-refractivity contribution is 0.242. The molecule has 0 aliphatic rings. The highest BCUT2D eigenvalue weighted by Gasteiger charge is 2.02. The van der Waals surface area contributed by atoms with Gasteiger partial charge in [0.15, 0.2) is 11.5 Å². The van der Waals surface area contributed by atoms with E-state index in [1.165, 1.54) is 5.19 Å². The first-order valence-corrected chi connectivity index (χ1v) is 8.52. The molecular weight excluding hydrogens is 268 g/mol. The van der Waals surface area contributed by atoms with Crippen LogP contribution in [-0.4, -0.2) is 27.0 Å². The highest BCUT2D eigenvalue weighted by Crippen LogP contribution is 2.23. The molecular formula is C16H20O3Si. The second kappa shape index (κ2) is 7.00. The molecule has 0 spiro atoms. The molecule has 0 atom stereocenters. The third-order valence-corrected chi connectivity index (χ3v) is 4.27. The van der Waals surface area contributed by atoms with Gasteiger partial charge in [-0.25, -0.2) is 0 Å². The zero-order chi connectivity index (χ0) is 14.4. The molecule has 2 aromatic carbocycles. The van der Waals surface area contributed by atoms with Crippen molar-refractivity contribution < 1.29 is 14.6 Å². The fourth-order valence-corrected chi connectivity index (χ4v) is 2.99. The monoisotopic (exact) mass is 288 g/mol. The van der Waals surface area contributed by atoms with E-state index in [2.05, 4.69) is 12.1 Å². The number of hydrogen-bond donors (Lipinski definition) is 1. The Morgan fingerprint density at radius 1 is 1.05 bits per heavy atom. The minimum Gasteiger partial charge on any atom is -0.504 e. The minimum atomic E-state index is -0.503. The molecule has 0 heterocycles. The molecule has 2 rings (SSSR count). The Bertz CT molecular complexity index is 538. The SMILES string of the molecule is CC(C)Oc1ccc([SiH2]COc2ccccc2O)cc1. The molecule has 0 bridgehead atoms. The van der Waals surface area contributed by atoms with Crippen LogP contribution >= 0.6 is 0 Å². The Kier molecular flexibility index (Phi) is 5.07. The summed E-state index contributed by atoms with van der Waals surface area (Å²) in [5.74, 6) is 1.65. The zero-order valence-corrected chi connectivity index (χ0v) is 13.3. The molecule has 0 aromatic heterocycles. The third kappa shape index (κ3) is 4.31. The number of para-hydroxylation sites is 2. The molecule has 0 amide bonds. The molecule has 0 aliphatic heterocycles. The van der Waals surface area contributed by atoms with Crippen LogP contribution in [0.2, 0.25) is 0 Å². The summed E-state index contributed by atoms with van der Waals surface area (Å²) in [6.45, 7) is 4.03. The second-order valence-corrected chi connectivity index (χ2v) is 6.60. The van der Waals surface area contributed by atoms with Crippen molar-refractivity contribution in [2.45, 2.75) is 20.0 Å². The van der Waals surface area contributed by atoms with E-state index < -0.39 is 9.52 Å². The van der Waals surface area contributed by atoms with Gasteiger partial charge in [0.05, 0.1) is 21.9 Å². The largest absolute Gasteiger partial charge is 0.504 e. The lowest BCUT2D eigenvalue weighted by Crippen LogP contribution is -2.21. The fourth-order valence-electron chi connectivity index (χ4n) is 1.86. The Hall–Kier alpha value is -1.94. The van der Waals surface area contributed by atoms with Gasteiger partial charge in [0.1, 0.15) is 5.75 Å². The number of ether oxygens (including phenoxy) is 2. The first-order chi connectivity index (χ1) is 9.65. The van der Waals surface area contributed by atoms with Gasteiger partial charge in [0, 0.05) is 0 Å². The lowest BCUT2D eigenvalue weighted by Gasteiger charge is -2.10. The van der Waals surface area contributed by atoms with Gasteiger partial charge in [-0.15, -0.1) is 0 Å². The first-order valence-electron chi connectivity index (χ1n) is 6.81. The van der Waals surface area contributed by atoms with E-state index in [9.17, 15) is 5.11 Å². The van der Waals surface area contributed by atoms with Crippen LogP contribution in [0, 0.1) is 0 Å². The van der Waals surface area contributed by atoms with Gasteiger partial charge < -0.3 is 14.6 Å². The van der Waals surface area contributed by atoms with Crippen LogP contribution in [0.3, 0.4) is 0 Å². The van der Waals surface area contributed by atoms with Gasteiger partial charge >= 0.3 is 0 Å². The summed E-state index contributed by atoms with van der Waals surface area (Å²) < 4.78 is 11.2. The maximum atomic E-state index is 9.60. The van der Waals surface area contributed by atoms with Crippen LogP contribution in [0.5, 0.6) is 17.2 Å². The van der Waals surface area contributed by atoms with Gasteiger partial charge in [-0.2, -0.15) is 0 Å². The first kappa shape index (κ1) is 14.5. The van der Waals surface area contributed by atoms with Gasteiger partial charge in [-0.1, -0.05) is 29.5 Å². The van der Waals surface area contributed by atoms with E-state index in [-0.39, 0.29) is 11.9 Å². The number of phenolic OH excluding ortho intramolecular Hbond substituents is 1. The van der Waals surface area contributed by atoms with Crippen molar-refractivity contribution >= 4 is 14.7 Å². The maximum absolute atomic E-state index is 9.60. The molecule has 0 saturated heterocycles. The van der Waals surface area contributed by atoms with Crippen molar-refractivity contribution in [2.24, 2.45) is 0 Å². The summed E-state index contributed by atoms with van der Waals surface area (Å²) in [5, 5.41) is 10.9. The fraction of sp³-hybridized carbons (Fsp3) is 0.250.